The lowest BCUT2D eigenvalue weighted by atomic mass is 10.2. The number of hydrogen-bond acceptors (Lipinski definition) is 3. The fourth-order valence-corrected chi connectivity index (χ4v) is 2.66. The fraction of sp³-hybridized carbons (Fsp3) is 0.286. The van der Waals surface area contributed by atoms with Gasteiger partial charge >= 0.3 is 0 Å². The topological polar surface area (TPSA) is 38.0 Å². The summed E-state index contributed by atoms with van der Waals surface area (Å²) in [4.78, 5) is 2.66. The Kier molecular flexibility index (Phi) is 4.33. The van der Waals surface area contributed by atoms with Crippen LogP contribution in [0.4, 0.5) is 10.1 Å². The number of halogens is 1. The zero-order valence-corrected chi connectivity index (χ0v) is 11.2. The van der Waals surface area contributed by atoms with Gasteiger partial charge in [-0.25, -0.2) is 4.39 Å². The molecule has 1 heterocycles. The number of nitrogens with one attached hydrogen (secondary N) is 1. The van der Waals surface area contributed by atoms with Crippen LogP contribution in [0.2, 0.25) is 0 Å². The molecule has 2 nitrogen and oxygen atoms in total. The number of thiophene rings is 1. The molecule has 1 aromatic heterocycles. The lowest BCUT2D eigenvalue weighted by Gasteiger charge is -2.05. The third-order valence-electron chi connectivity index (χ3n) is 2.76. The summed E-state index contributed by atoms with van der Waals surface area (Å²) >= 11 is 1.80. The minimum Gasteiger partial charge on any atom is -0.399 e. The number of anilines is 1. The summed E-state index contributed by atoms with van der Waals surface area (Å²) in [5.74, 6) is -0.247. The van der Waals surface area contributed by atoms with Gasteiger partial charge in [0.05, 0.1) is 0 Å². The quantitative estimate of drug-likeness (QED) is 0.813. The maximum absolute atomic E-state index is 13.5. The van der Waals surface area contributed by atoms with Crippen LogP contribution in [-0.4, -0.2) is 0 Å². The van der Waals surface area contributed by atoms with Crippen LogP contribution in [0.3, 0.4) is 0 Å². The highest BCUT2D eigenvalue weighted by atomic mass is 32.1. The molecular formula is C14H17FN2S. The van der Waals surface area contributed by atoms with E-state index in [1.807, 2.05) is 0 Å². The molecule has 0 aliphatic rings. The predicted octanol–water partition coefficient (Wildman–Crippen LogP) is 3.32. The van der Waals surface area contributed by atoms with Crippen LogP contribution >= 0.6 is 11.3 Å². The van der Waals surface area contributed by atoms with Gasteiger partial charge < -0.3 is 11.1 Å². The molecule has 0 aliphatic heterocycles. The van der Waals surface area contributed by atoms with Crippen molar-refractivity contribution < 1.29 is 4.39 Å². The summed E-state index contributed by atoms with van der Waals surface area (Å²) in [5, 5.41) is 3.25. The van der Waals surface area contributed by atoms with Crippen LogP contribution < -0.4 is 11.1 Å². The van der Waals surface area contributed by atoms with Crippen LogP contribution in [0.15, 0.2) is 30.3 Å². The second-order valence-electron chi connectivity index (χ2n) is 4.18. The summed E-state index contributed by atoms with van der Waals surface area (Å²) in [5.41, 5.74) is 6.62. The molecule has 0 atom stereocenters. The fourth-order valence-electron chi connectivity index (χ4n) is 1.73. The van der Waals surface area contributed by atoms with Gasteiger partial charge in [-0.3, -0.25) is 0 Å². The Morgan fingerprint density at radius 1 is 1.17 bits per heavy atom. The van der Waals surface area contributed by atoms with E-state index < -0.39 is 0 Å². The van der Waals surface area contributed by atoms with Crippen molar-refractivity contribution in [3.05, 3.63) is 51.5 Å². The third kappa shape index (κ3) is 3.31. The van der Waals surface area contributed by atoms with E-state index >= 15 is 0 Å². The summed E-state index contributed by atoms with van der Waals surface area (Å²) in [6, 6.07) is 9.07. The van der Waals surface area contributed by atoms with E-state index in [-0.39, 0.29) is 5.82 Å². The Balaban J connectivity index is 1.88. The van der Waals surface area contributed by atoms with E-state index in [9.17, 15) is 4.39 Å². The number of nitrogen functional groups attached to an aromatic ring is 1. The molecule has 0 aliphatic carbocycles. The molecule has 96 valence electrons. The highest BCUT2D eigenvalue weighted by molar-refractivity contribution is 7.11. The Bertz CT molecular complexity index is 522. The van der Waals surface area contributed by atoms with Gasteiger partial charge in [-0.1, -0.05) is 13.0 Å². The molecule has 0 fully saturated rings. The number of benzene rings is 1. The van der Waals surface area contributed by atoms with Gasteiger partial charge in [0.1, 0.15) is 5.82 Å². The molecule has 1 aromatic carbocycles. The van der Waals surface area contributed by atoms with Crippen molar-refractivity contribution in [2.24, 2.45) is 0 Å². The van der Waals surface area contributed by atoms with Crippen LogP contribution in [0.5, 0.6) is 0 Å². The molecule has 2 rings (SSSR count). The van der Waals surface area contributed by atoms with Crippen LogP contribution in [-0.2, 0) is 19.5 Å². The van der Waals surface area contributed by atoms with Crippen molar-refractivity contribution >= 4 is 17.0 Å². The normalized spacial score (nSPS) is 10.8. The minimum absolute atomic E-state index is 0.247. The minimum atomic E-state index is -0.247. The maximum Gasteiger partial charge on any atom is 0.129 e. The number of nitrogens with two attached hydrogens (primary N) is 1. The van der Waals surface area contributed by atoms with Gasteiger partial charge in [-0.2, -0.15) is 0 Å². The van der Waals surface area contributed by atoms with Crippen LogP contribution in [0.25, 0.3) is 0 Å². The van der Waals surface area contributed by atoms with Crippen molar-refractivity contribution in [2.75, 3.05) is 5.73 Å². The van der Waals surface area contributed by atoms with E-state index in [2.05, 4.69) is 24.4 Å². The molecule has 0 spiro atoms. The van der Waals surface area contributed by atoms with Gasteiger partial charge in [-0.15, -0.1) is 11.3 Å². The second-order valence-corrected chi connectivity index (χ2v) is 5.43. The smallest absolute Gasteiger partial charge is 0.129 e. The van der Waals surface area contributed by atoms with Crippen LogP contribution in [0, 0.1) is 5.82 Å². The zero-order valence-electron chi connectivity index (χ0n) is 10.4. The van der Waals surface area contributed by atoms with E-state index in [0.717, 1.165) is 13.0 Å². The molecule has 4 heteroatoms. The van der Waals surface area contributed by atoms with Crippen LogP contribution in [0.1, 0.15) is 22.2 Å². The maximum atomic E-state index is 13.5. The van der Waals surface area contributed by atoms with E-state index in [1.165, 1.54) is 15.8 Å². The molecule has 0 saturated carbocycles. The van der Waals surface area contributed by atoms with Gasteiger partial charge in [0.25, 0.3) is 0 Å². The van der Waals surface area contributed by atoms with Crippen molar-refractivity contribution in [1.82, 2.24) is 5.32 Å². The van der Waals surface area contributed by atoms with Crippen molar-refractivity contribution in [3.63, 3.8) is 0 Å². The largest absolute Gasteiger partial charge is 0.399 e. The average molecular weight is 264 g/mol. The lowest BCUT2D eigenvalue weighted by molar-refractivity contribution is 0.589. The first-order valence-corrected chi connectivity index (χ1v) is 6.83. The first kappa shape index (κ1) is 13.1. The summed E-state index contributed by atoms with van der Waals surface area (Å²) < 4.78 is 13.5. The molecule has 0 radical (unpaired) electrons. The zero-order chi connectivity index (χ0) is 13.0. The lowest BCUT2D eigenvalue weighted by Crippen LogP contribution is -2.13. The second kappa shape index (κ2) is 5.98. The van der Waals surface area contributed by atoms with Crippen molar-refractivity contribution in [2.45, 2.75) is 26.4 Å². The van der Waals surface area contributed by atoms with Gasteiger partial charge in [0.15, 0.2) is 0 Å². The molecule has 0 saturated heterocycles. The highest BCUT2D eigenvalue weighted by Gasteiger charge is 2.03. The molecule has 0 bridgehead atoms. The van der Waals surface area contributed by atoms with E-state index in [4.69, 9.17) is 5.73 Å². The first-order chi connectivity index (χ1) is 8.69. The number of rotatable bonds is 5. The SMILES string of the molecule is CCc1ccc(CNCc2ccc(N)cc2F)s1. The molecule has 18 heavy (non-hydrogen) atoms. The molecular weight excluding hydrogens is 247 g/mol. The number of aryl methyl sites for hydroxylation is 1. The molecule has 0 unspecified atom stereocenters. The van der Waals surface area contributed by atoms with E-state index in [1.54, 1.807) is 23.5 Å². The first-order valence-electron chi connectivity index (χ1n) is 6.01. The molecule has 3 N–H and O–H groups in total. The van der Waals surface area contributed by atoms with Crippen molar-refractivity contribution in [3.8, 4) is 0 Å². The molecule has 0 amide bonds. The Labute approximate surface area is 111 Å². The Hall–Kier alpha value is -1.39. The highest BCUT2D eigenvalue weighted by Crippen LogP contribution is 2.17. The monoisotopic (exact) mass is 264 g/mol. The third-order valence-corrected chi connectivity index (χ3v) is 3.99. The standard InChI is InChI=1S/C14H17FN2S/c1-2-12-5-6-13(18-12)9-17-8-10-3-4-11(16)7-14(10)15/h3-7,17H,2,8-9,16H2,1H3. The predicted molar refractivity (Wildman–Crippen MR) is 75.1 cm³/mol. The summed E-state index contributed by atoms with van der Waals surface area (Å²) in [7, 11) is 0. The van der Waals surface area contributed by atoms with Gasteiger partial charge in [0, 0.05) is 34.1 Å². The van der Waals surface area contributed by atoms with Crippen molar-refractivity contribution in [1.29, 1.82) is 0 Å². The summed E-state index contributed by atoms with van der Waals surface area (Å²) in [6.07, 6.45) is 1.07. The number of hydrogen-bond donors (Lipinski definition) is 2. The van der Waals surface area contributed by atoms with E-state index in [0.29, 0.717) is 17.8 Å². The average Bonchev–Trinajstić information content (AvgIpc) is 2.80. The van der Waals surface area contributed by atoms with Gasteiger partial charge in [-0.05, 0) is 30.7 Å². The Morgan fingerprint density at radius 3 is 2.61 bits per heavy atom. The summed E-state index contributed by atoms with van der Waals surface area (Å²) in [6.45, 7) is 3.44. The molecule has 2 aromatic rings. The Morgan fingerprint density at radius 2 is 1.94 bits per heavy atom. The van der Waals surface area contributed by atoms with Gasteiger partial charge in [0.2, 0.25) is 0 Å².